The first-order valence-electron chi connectivity index (χ1n) is 11.6. The largest absolute Gasteiger partial charge is 0.497 e. The number of allylic oxidation sites excluding steroid dienone is 3. The number of amides is 1. The summed E-state index contributed by atoms with van der Waals surface area (Å²) in [6, 6.07) is 14.2. The molecule has 1 aliphatic heterocycles. The van der Waals surface area contributed by atoms with Gasteiger partial charge in [0.05, 0.1) is 19.6 Å². The van der Waals surface area contributed by atoms with Crippen LogP contribution in [0.25, 0.3) is 0 Å². The van der Waals surface area contributed by atoms with Crippen LogP contribution < -0.4 is 25.3 Å². The summed E-state index contributed by atoms with van der Waals surface area (Å²) in [6.07, 6.45) is 1.65. The van der Waals surface area contributed by atoms with Crippen molar-refractivity contribution in [2.75, 3.05) is 25.6 Å². The van der Waals surface area contributed by atoms with Crippen LogP contribution in [0.4, 0.5) is 5.69 Å². The van der Waals surface area contributed by atoms with Gasteiger partial charge in [0, 0.05) is 24.1 Å². The van der Waals surface area contributed by atoms with Gasteiger partial charge >= 0.3 is 0 Å². The highest BCUT2D eigenvalue weighted by Crippen LogP contribution is 2.45. The fourth-order valence-electron chi connectivity index (χ4n) is 4.30. The van der Waals surface area contributed by atoms with Gasteiger partial charge in [0.1, 0.15) is 23.2 Å². The third kappa shape index (κ3) is 5.13. The second kappa shape index (κ2) is 10.9. The number of benzene rings is 2. The minimum atomic E-state index is -0.654. The molecule has 0 fully saturated rings. The highest BCUT2D eigenvalue weighted by atomic mass is 16.5. The average molecular weight is 490 g/mol. The quantitative estimate of drug-likeness (QED) is 0.570. The van der Waals surface area contributed by atoms with Crippen LogP contribution in [0.2, 0.25) is 0 Å². The van der Waals surface area contributed by atoms with Crippen LogP contribution in [0, 0.1) is 11.3 Å². The van der Waals surface area contributed by atoms with Crippen LogP contribution in [-0.4, -0.2) is 32.0 Å². The number of ketones is 1. The molecule has 0 aromatic heterocycles. The topological polar surface area (TPSA) is 133 Å². The monoisotopic (exact) mass is 489 g/mol. The Labute approximate surface area is 209 Å². The van der Waals surface area contributed by atoms with Crippen molar-refractivity contribution in [2.45, 2.75) is 32.1 Å². The fourth-order valence-corrected chi connectivity index (χ4v) is 4.30. The van der Waals surface area contributed by atoms with Crippen molar-refractivity contribution in [1.82, 2.24) is 0 Å². The second-order valence-electron chi connectivity index (χ2n) is 8.24. The highest BCUT2D eigenvalue weighted by molar-refractivity contribution is 5.99. The number of anilines is 1. The van der Waals surface area contributed by atoms with Crippen molar-refractivity contribution in [1.29, 1.82) is 5.26 Å². The molecular weight excluding hydrogens is 462 g/mol. The Balaban J connectivity index is 1.56. The lowest BCUT2D eigenvalue weighted by molar-refractivity contribution is -0.118. The van der Waals surface area contributed by atoms with E-state index in [1.807, 2.05) is 6.92 Å². The summed E-state index contributed by atoms with van der Waals surface area (Å²) in [5.41, 5.74) is 7.94. The van der Waals surface area contributed by atoms with E-state index in [0.717, 1.165) is 0 Å². The van der Waals surface area contributed by atoms with Crippen molar-refractivity contribution >= 4 is 17.4 Å². The second-order valence-corrected chi connectivity index (χ2v) is 8.24. The first-order valence-corrected chi connectivity index (χ1v) is 11.6. The Kier molecular flexibility index (Phi) is 7.44. The van der Waals surface area contributed by atoms with Crippen molar-refractivity contribution in [2.24, 2.45) is 5.73 Å². The molecule has 1 aliphatic carbocycles. The number of methoxy groups -OCH3 is 1. The number of carbonyl (C=O) groups is 2. The molecule has 2 aliphatic rings. The first kappa shape index (κ1) is 24.7. The standard InChI is InChI=1S/C27H27N3O6/c1-3-34-23-13-16(25-19(14-28)27(29)36-22-6-4-5-20(31)26(22)25)7-12-21(23)35-15-24(32)30-17-8-10-18(33-2)11-9-17/h7-13,25H,3-6,15,29H2,1-2H3,(H,30,32)/t25-/m0/s1. The molecular formula is C27H27N3O6. The van der Waals surface area contributed by atoms with E-state index in [1.165, 1.54) is 0 Å². The molecule has 4 rings (SSSR count). The number of hydrogen-bond donors (Lipinski definition) is 2. The molecule has 3 N–H and O–H groups in total. The van der Waals surface area contributed by atoms with E-state index in [2.05, 4.69) is 11.4 Å². The fraction of sp³-hybridized carbons (Fsp3) is 0.296. The Morgan fingerprint density at radius 1 is 1.17 bits per heavy atom. The summed E-state index contributed by atoms with van der Waals surface area (Å²) in [5.74, 6) is 0.890. The number of nitrogens with two attached hydrogens (primary N) is 1. The zero-order valence-electron chi connectivity index (χ0n) is 20.1. The third-order valence-electron chi connectivity index (χ3n) is 5.94. The van der Waals surface area contributed by atoms with Gasteiger partial charge in [0.25, 0.3) is 5.91 Å². The maximum atomic E-state index is 12.8. The Morgan fingerprint density at radius 3 is 2.64 bits per heavy atom. The van der Waals surface area contributed by atoms with E-state index in [9.17, 15) is 14.9 Å². The van der Waals surface area contributed by atoms with E-state index >= 15 is 0 Å². The number of nitrogens with zero attached hydrogens (tertiary/aromatic N) is 1. The van der Waals surface area contributed by atoms with Crippen LogP contribution in [0.1, 0.15) is 37.7 Å². The van der Waals surface area contributed by atoms with Crippen LogP contribution >= 0.6 is 0 Å². The van der Waals surface area contributed by atoms with Crippen molar-refractivity contribution in [3.05, 3.63) is 70.8 Å². The molecule has 0 bridgehead atoms. The van der Waals surface area contributed by atoms with Crippen LogP contribution in [0.3, 0.4) is 0 Å². The van der Waals surface area contributed by atoms with E-state index in [4.69, 9.17) is 24.7 Å². The predicted molar refractivity (Wildman–Crippen MR) is 131 cm³/mol. The molecule has 0 radical (unpaired) electrons. The summed E-state index contributed by atoms with van der Waals surface area (Å²) in [4.78, 5) is 25.2. The maximum absolute atomic E-state index is 12.8. The third-order valence-corrected chi connectivity index (χ3v) is 5.94. The van der Waals surface area contributed by atoms with Crippen molar-refractivity contribution < 1.29 is 28.5 Å². The van der Waals surface area contributed by atoms with E-state index in [0.29, 0.717) is 65.7 Å². The van der Waals surface area contributed by atoms with Gasteiger partial charge in [0.15, 0.2) is 23.9 Å². The number of nitriles is 1. The van der Waals surface area contributed by atoms with E-state index in [1.54, 1.807) is 49.6 Å². The normalized spacial score (nSPS) is 17.0. The number of carbonyl (C=O) groups excluding carboxylic acids is 2. The molecule has 9 nitrogen and oxygen atoms in total. The summed E-state index contributed by atoms with van der Waals surface area (Å²) < 4.78 is 22.3. The van der Waals surface area contributed by atoms with Gasteiger partial charge in [-0.05, 0) is 55.3 Å². The molecule has 0 saturated heterocycles. The summed E-state index contributed by atoms with van der Waals surface area (Å²) in [5, 5.41) is 12.5. The van der Waals surface area contributed by atoms with E-state index < -0.39 is 5.92 Å². The van der Waals surface area contributed by atoms with Crippen LogP contribution in [-0.2, 0) is 14.3 Å². The SMILES string of the molecule is CCOc1cc([C@H]2C(C#N)=C(N)OC3=C2C(=O)CCC3)ccc1OCC(=O)Nc1ccc(OC)cc1. The van der Waals surface area contributed by atoms with Crippen LogP contribution in [0.5, 0.6) is 17.2 Å². The molecule has 186 valence electrons. The molecule has 2 aromatic rings. The van der Waals surface area contributed by atoms with Gasteiger partial charge in [0.2, 0.25) is 5.88 Å². The molecule has 0 saturated carbocycles. The zero-order valence-corrected chi connectivity index (χ0v) is 20.1. The van der Waals surface area contributed by atoms with Gasteiger partial charge in [-0.15, -0.1) is 0 Å². The van der Waals surface area contributed by atoms with Gasteiger partial charge < -0.3 is 30.0 Å². The Morgan fingerprint density at radius 2 is 1.94 bits per heavy atom. The summed E-state index contributed by atoms with van der Waals surface area (Å²) >= 11 is 0. The van der Waals surface area contributed by atoms with Crippen molar-refractivity contribution in [3.8, 4) is 23.3 Å². The number of Topliss-reactive ketones (excluding diaryl/α,β-unsaturated/α-hetero) is 1. The predicted octanol–water partition coefficient (Wildman–Crippen LogP) is 3.93. The lowest BCUT2D eigenvalue weighted by Gasteiger charge is -2.31. The summed E-state index contributed by atoms with van der Waals surface area (Å²) in [7, 11) is 1.57. The minimum Gasteiger partial charge on any atom is -0.497 e. The number of ether oxygens (including phenoxy) is 4. The number of rotatable bonds is 8. The molecule has 1 atom stereocenters. The summed E-state index contributed by atoms with van der Waals surface area (Å²) in [6.45, 7) is 1.93. The minimum absolute atomic E-state index is 0.00411. The number of nitrogens with one attached hydrogen (secondary N) is 1. The Hall–Kier alpha value is -4.45. The molecule has 1 amide bonds. The Bertz CT molecular complexity index is 1270. The van der Waals surface area contributed by atoms with Gasteiger partial charge in [-0.3, -0.25) is 9.59 Å². The lowest BCUT2D eigenvalue weighted by atomic mass is 9.77. The smallest absolute Gasteiger partial charge is 0.262 e. The van der Waals surface area contributed by atoms with E-state index in [-0.39, 0.29) is 29.8 Å². The highest BCUT2D eigenvalue weighted by Gasteiger charge is 2.38. The molecule has 0 unspecified atom stereocenters. The lowest BCUT2D eigenvalue weighted by Crippen LogP contribution is -2.27. The molecule has 0 spiro atoms. The molecule has 9 heteroatoms. The first-order chi connectivity index (χ1) is 17.4. The zero-order chi connectivity index (χ0) is 25.7. The van der Waals surface area contributed by atoms with Crippen molar-refractivity contribution in [3.63, 3.8) is 0 Å². The van der Waals surface area contributed by atoms with Gasteiger partial charge in [-0.25, -0.2) is 0 Å². The average Bonchev–Trinajstić information content (AvgIpc) is 2.88. The molecule has 36 heavy (non-hydrogen) atoms. The maximum Gasteiger partial charge on any atom is 0.262 e. The molecule has 1 heterocycles. The van der Waals surface area contributed by atoms with Gasteiger partial charge in [-0.1, -0.05) is 6.07 Å². The van der Waals surface area contributed by atoms with Gasteiger partial charge in [-0.2, -0.15) is 5.26 Å². The molecule has 2 aromatic carbocycles. The van der Waals surface area contributed by atoms with Crippen LogP contribution in [0.15, 0.2) is 65.3 Å². The number of hydrogen-bond acceptors (Lipinski definition) is 8.